The lowest BCUT2D eigenvalue weighted by molar-refractivity contribution is -0.256. The maximum Gasteiger partial charge on any atom is 0.410 e. The summed E-state index contributed by atoms with van der Waals surface area (Å²) in [6.07, 6.45) is 8.61. The highest BCUT2D eigenvalue weighted by atomic mass is 19.1. The zero-order valence-corrected chi connectivity index (χ0v) is 32.0. The van der Waals surface area contributed by atoms with Crippen LogP contribution in [0.1, 0.15) is 72.3 Å². The van der Waals surface area contributed by atoms with Gasteiger partial charge in [-0.3, -0.25) is 9.69 Å². The number of allylic oxidation sites excluding steroid dienone is 1. The third-order valence-corrected chi connectivity index (χ3v) is 11.1. The highest BCUT2D eigenvalue weighted by Gasteiger charge is 2.65. The van der Waals surface area contributed by atoms with Crippen molar-refractivity contribution in [3.8, 4) is 17.2 Å². The molecule has 3 aliphatic rings. The van der Waals surface area contributed by atoms with Crippen molar-refractivity contribution in [2.24, 2.45) is 22.9 Å². The van der Waals surface area contributed by atoms with Crippen LogP contribution in [0.4, 0.5) is 9.18 Å². The molecule has 3 aromatic rings. The molecule has 12 heteroatoms. The number of rotatable bonds is 18. The van der Waals surface area contributed by atoms with Gasteiger partial charge in [0.2, 0.25) is 5.79 Å². The fraction of sp³-hybridized carbons (Fsp3) is 0.432. The van der Waals surface area contributed by atoms with Crippen LogP contribution in [0.25, 0.3) is 0 Å². The number of oxime groups is 1. The highest BCUT2D eigenvalue weighted by Crippen LogP contribution is 2.62. The summed E-state index contributed by atoms with van der Waals surface area (Å²) in [4.78, 5) is 32.6. The van der Waals surface area contributed by atoms with Crippen molar-refractivity contribution in [1.29, 1.82) is 0 Å². The monoisotopic (exact) mass is 770 g/mol. The number of hydrogen-bond donors (Lipinski definition) is 2. The zero-order valence-electron chi connectivity index (χ0n) is 32.0. The molecule has 0 unspecified atom stereocenters. The summed E-state index contributed by atoms with van der Waals surface area (Å²) in [5, 5.41) is 24.2. The Hall–Kier alpha value is -5.04. The van der Waals surface area contributed by atoms with Crippen molar-refractivity contribution in [1.82, 2.24) is 4.90 Å². The van der Waals surface area contributed by atoms with Gasteiger partial charge in [0.1, 0.15) is 42.5 Å². The van der Waals surface area contributed by atoms with E-state index in [9.17, 15) is 24.2 Å². The molecule has 0 radical (unpaired) electrons. The maximum atomic E-state index is 14.1. The third-order valence-electron chi connectivity index (χ3n) is 11.1. The molecule has 2 aliphatic carbocycles. The van der Waals surface area contributed by atoms with Crippen LogP contribution in [0.2, 0.25) is 0 Å². The zero-order chi connectivity index (χ0) is 39.7. The largest absolute Gasteiger partial charge is 0.459 e. The van der Waals surface area contributed by atoms with E-state index in [1.165, 1.54) is 26.4 Å². The minimum atomic E-state index is -1.50. The average Bonchev–Trinajstić information content (AvgIpc) is 3.21. The number of benzene rings is 3. The standard InChI is InChI=1S/C44H51FN2O9/c1-4-22-54-44-40(47(43(51)52-2)27-29-14-16-32(45)17-15-29)26-38(46-53-3)36-24-31(11-5-7-20-48)35(13-6-8-21-49)41(42(36)44)37-25-34(18-19-39(37)56-44)55-33-12-9-10-30(23-33)28-50/h4,9-10,12,14-19,23-25,28,31,35,40-42,48-49H,1,5-8,11,13,20-22,26-27H2,2-3H3/t31-,35+,40-,41+,42+,44+/m0/s1. The second-order valence-electron chi connectivity index (χ2n) is 14.5. The first-order valence-corrected chi connectivity index (χ1v) is 19.2. The Labute approximate surface area is 327 Å². The lowest BCUT2D eigenvalue weighted by Crippen LogP contribution is -2.70. The summed E-state index contributed by atoms with van der Waals surface area (Å²) in [5.74, 6) is -1.06. The number of carbonyl (C=O) groups excluding carboxylic acids is 2. The second kappa shape index (κ2) is 18.7. The summed E-state index contributed by atoms with van der Waals surface area (Å²) < 4.78 is 39.9. The number of unbranched alkanes of at least 4 members (excludes halogenated alkanes) is 2. The minimum absolute atomic E-state index is 0.00297. The molecule has 3 aromatic carbocycles. The molecule has 298 valence electrons. The van der Waals surface area contributed by atoms with Gasteiger partial charge in [0.05, 0.1) is 25.3 Å². The Balaban J connectivity index is 1.58. The van der Waals surface area contributed by atoms with Crippen LogP contribution in [-0.2, 0) is 20.9 Å². The van der Waals surface area contributed by atoms with Gasteiger partial charge in [-0.05, 0) is 91.1 Å². The molecule has 0 bridgehead atoms. The summed E-state index contributed by atoms with van der Waals surface area (Å²) in [6.45, 7) is 4.25. The van der Waals surface area contributed by atoms with Gasteiger partial charge in [-0.1, -0.05) is 54.4 Å². The minimum Gasteiger partial charge on any atom is -0.459 e. The van der Waals surface area contributed by atoms with E-state index in [1.807, 2.05) is 12.1 Å². The molecule has 6 atom stereocenters. The number of fused-ring (bicyclic) bond motifs is 2. The van der Waals surface area contributed by atoms with Crippen LogP contribution in [0.3, 0.4) is 0 Å². The van der Waals surface area contributed by atoms with Crippen LogP contribution >= 0.6 is 0 Å². The Morgan fingerprint density at radius 2 is 1.77 bits per heavy atom. The summed E-state index contributed by atoms with van der Waals surface area (Å²) >= 11 is 0. The number of hydrogen-bond acceptors (Lipinski definition) is 10. The van der Waals surface area contributed by atoms with E-state index >= 15 is 0 Å². The van der Waals surface area contributed by atoms with Crippen LogP contribution in [-0.4, -0.2) is 79.1 Å². The molecule has 0 saturated heterocycles. The number of ether oxygens (including phenoxy) is 4. The third kappa shape index (κ3) is 8.52. The molecular weight excluding hydrogens is 719 g/mol. The van der Waals surface area contributed by atoms with E-state index in [2.05, 4.69) is 17.8 Å². The van der Waals surface area contributed by atoms with Crippen LogP contribution in [0.5, 0.6) is 17.2 Å². The Morgan fingerprint density at radius 3 is 2.46 bits per heavy atom. The van der Waals surface area contributed by atoms with Crippen molar-refractivity contribution in [2.45, 2.75) is 69.2 Å². The fourth-order valence-electron chi connectivity index (χ4n) is 8.82. The quantitative estimate of drug-likeness (QED) is 0.0572. The predicted octanol–water partition coefficient (Wildman–Crippen LogP) is 7.96. The van der Waals surface area contributed by atoms with E-state index in [0.29, 0.717) is 46.9 Å². The van der Waals surface area contributed by atoms with Gasteiger partial charge in [0, 0.05) is 43.2 Å². The second-order valence-corrected chi connectivity index (χ2v) is 14.5. The number of halogens is 1. The first kappa shape index (κ1) is 40.6. The van der Waals surface area contributed by atoms with Gasteiger partial charge in [0.15, 0.2) is 0 Å². The number of methoxy groups -OCH3 is 1. The fourth-order valence-corrected chi connectivity index (χ4v) is 8.82. The van der Waals surface area contributed by atoms with Crippen LogP contribution in [0.15, 0.2) is 96.2 Å². The van der Waals surface area contributed by atoms with E-state index in [1.54, 1.807) is 53.4 Å². The molecule has 11 nitrogen and oxygen atoms in total. The molecule has 56 heavy (non-hydrogen) atoms. The van der Waals surface area contributed by atoms with E-state index in [0.717, 1.165) is 43.1 Å². The molecule has 1 saturated carbocycles. The van der Waals surface area contributed by atoms with E-state index in [-0.39, 0.29) is 50.5 Å². The molecule has 1 fully saturated rings. The van der Waals surface area contributed by atoms with Crippen molar-refractivity contribution < 1.29 is 48.0 Å². The van der Waals surface area contributed by atoms with Gasteiger partial charge < -0.3 is 34.0 Å². The van der Waals surface area contributed by atoms with Gasteiger partial charge in [-0.2, -0.15) is 0 Å². The average molecular weight is 771 g/mol. The van der Waals surface area contributed by atoms with E-state index < -0.39 is 29.7 Å². The topological polar surface area (TPSA) is 136 Å². The smallest absolute Gasteiger partial charge is 0.410 e. The molecule has 0 spiro atoms. The van der Waals surface area contributed by atoms with Crippen LogP contribution < -0.4 is 9.47 Å². The maximum absolute atomic E-state index is 14.1. The summed E-state index contributed by atoms with van der Waals surface area (Å²) in [6, 6.07) is 17.7. The molecule has 1 aliphatic heterocycles. The van der Waals surface area contributed by atoms with Gasteiger partial charge in [-0.15, -0.1) is 6.58 Å². The van der Waals surface area contributed by atoms with Crippen molar-refractivity contribution in [3.63, 3.8) is 0 Å². The number of amides is 1. The highest BCUT2D eigenvalue weighted by molar-refractivity contribution is 6.03. The number of carbonyl (C=O) groups is 2. The SMILES string of the molecule is C=CCO[C@@]12Oc3ccc(Oc4cccc(C=O)c4)cc3[C@H]3[C@H](CCCCO)[C@@H](CCCCO)C=C(C(=NOC)C[C@@H]1N(Cc1ccc(F)cc1)C(=O)OC)[C@H]32. The van der Waals surface area contributed by atoms with Crippen LogP contribution in [0, 0.1) is 23.6 Å². The lowest BCUT2D eigenvalue weighted by Gasteiger charge is -2.59. The molecule has 6 rings (SSSR count). The Bertz CT molecular complexity index is 1900. The number of aldehydes is 1. The first-order valence-electron chi connectivity index (χ1n) is 19.2. The van der Waals surface area contributed by atoms with Gasteiger partial charge in [0.25, 0.3) is 0 Å². The van der Waals surface area contributed by atoms with Gasteiger partial charge in [-0.25, -0.2) is 9.18 Å². The summed E-state index contributed by atoms with van der Waals surface area (Å²) in [5.41, 5.74) is 3.55. The first-order chi connectivity index (χ1) is 27.3. The Morgan fingerprint density at radius 1 is 1.02 bits per heavy atom. The lowest BCUT2D eigenvalue weighted by atomic mass is 9.55. The molecule has 2 N–H and O–H groups in total. The van der Waals surface area contributed by atoms with Crippen molar-refractivity contribution in [2.75, 3.05) is 34.0 Å². The summed E-state index contributed by atoms with van der Waals surface area (Å²) in [7, 11) is 2.80. The molecular formula is C44H51FN2O9. The van der Waals surface area contributed by atoms with E-state index in [4.69, 9.17) is 23.8 Å². The Kier molecular flexibility index (Phi) is 13.6. The van der Waals surface area contributed by atoms with Gasteiger partial charge >= 0.3 is 6.09 Å². The van der Waals surface area contributed by atoms with Crippen molar-refractivity contribution >= 4 is 18.1 Å². The number of aliphatic hydroxyl groups excluding tert-OH is 2. The molecule has 0 aromatic heterocycles. The van der Waals surface area contributed by atoms with Crippen molar-refractivity contribution in [3.05, 3.63) is 114 Å². The number of nitrogens with zero attached hydrogens (tertiary/aromatic N) is 2. The predicted molar refractivity (Wildman–Crippen MR) is 208 cm³/mol. The molecule has 1 heterocycles. The normalized spacial score (nSPS) is 24.2. The number of aliphatic hydroxyl groups is 2. The molecule has 1 amide bonds.